The van der Waals surface area contributed by atoms with Crippen LogP contribution in [0.2, 0.25) is 0 Å². The number of carboxylic acid groups (broad SMARTS) is 1. The second-order valence-electron chi connectivity index (χ2n) is 3.85. The molecule has 0 bridgehead atoms. The molecule has 0 aliphatic heterocycles. The average Bonchev–Trinajstić information content (AvgIpc) is 2.45. The lowest BCUT2D eigenvalue weighted by atomic mass is 10.2. The minimum Gasteiger partial charge on any atom is -0.485 e. The van der Waals surface area contributed by atoms with E-state index in [1.54, 1.807) is 6.07 Å². The topological polar surface area (TPSA) is 106 Å². The molecule has 0 aliphatic carbocycles. The second kappa shape index (κ2) is 6.06. The van der Waals surface area contributed by atoms with Crippen molar-refractivity contribution in [3.63, 3.8) is 0 Å². The predicted octanol–water partition coefficient (Wildman–Crippen LogP) is 1.68. The zero-order valence-electron chi connectivity index (χ0n) is 10.4. The molecular weight excluding hydrogens is 320 g/mol. The Kier molecular flexibility index (Phi) is 4.39. The quantitative estimate of drug-likeness (QED) is 0.832. The van der Waals surface area contributed by atoms with E-state index in [-0.39, 0.29) is 22.8 Å². The van der Waals surface area contributed by atoms with Crippen molar-refractivity contribution in [2.75, 3.05) is 0 Å². The van der Waals surface area contributed by atoms with Crippen molar-refractivity contribution in [1.29, 1.82) is 0 Å². The number of rotatable bonds is 5. The van der Waals surface area contributed by atoms with E-state index < -0.39 is 15.0 Å². The molecule has 21 heavy (non-hydrogen) atoms. The third kappa shape index (κ3) is 3.89. The molecule has 2 rings (SSSR count). The van der Waals surface area contributed by atoms with E-state index in [2.05, 4.69) is 9.97 Å². The number of benzene rings is 1. The zero-order valence-corrected chi connectivity index (χ0v) is 12.0. The van der Waals surface area contributed by atoms with Gasteiger partial charge in [-0.25, -0.2) is 23.2 Å². The molecule has 0 radical (unpaired) electrons. The summed E-state index contributed by atoms with van der Waals surface area (Å²) >= 11 is 0. The van der Waals surface area contributed by atoms with Crippen molar-refractivity contribution >= 4 is 25.7 Å². The van der Waals surface area contributed by atoms with E-state index in [4.69, 9.17) is 20.5 Å². The molecule has 1 aromatic carbocycles. The van der Waals surface area contributed by atoms with Crippen molar-refractivity contribution in [3.05, 3.63) is 48.0 Å². The first-order chi connectivity index (χ1) is 9.88. The van der Waals surface area contributed by atoms with Crippen LogP contribution >= 0.6 is 10.7 Å². The molecule has 7 nitrogen and oxygen atoms in total. The van der Waals surface area contributed by atoms with Crippen LogP contribution in [0.1, 0.15) is 16.2 Å². The van der Waals surface area contributed by atoms with Crippen LogP contribution in [0.25, 0.3) is 0 Å². The number of carboxylic acids is 1. The Bertz CT molecular complexity index is 764. The summed E-state index contributed by atoms with van der Waals surface area (Å²) in [7, 11) is 1.16. The Labute approximate surface area is 124 Å². The summed E-state index contributed by atoms with van der Waals surface area (Å²) in [6.07, 6.45) is 3.04. The third-order valence-electron chi connectivity index (χ3n) is 2.44. The number of hydrogen-bond donors (Lipinski definition) is 1. The summed E-state index contributed by atoms with van der Waals surface area (Å²) in [5.41, 5.74) is -0.312. The highest BCUT2D eigenvalue weighted by atomic mass is 35.7. The van der Waals surface area contributed by atoms with Crippen molar-refractivity contribution in [2.24, 2.45) is 0 Å². The smallest absolute Gasteiger partial charge is 0.339 e. The standard InChI is InChI=1S/C12H9ClN2O5S/c13-21(18,19)8-2-3-10(9(6-8)12(16)17)20-7-11-14-4-1-5-15-11/h1-6H,7H2,(H,16,17). The minimum atomic E-state index is -4.01. The van der Waals surface area contributed by atoms with Gasteiger partial charge in [0.25, 0.3) is 9.05 Å². The van der Waals surface area contributed by atoms with Crippen molar-refractivity contribution in [2.45, 2.75) is 11.5 Å². The van der Waals surface area contributed by atoms with Crippen LogP contribution in [0.15, 0.2) is 41.6 Å². The zero-order chi connectivity index (χ0) is 15.5. The Morgan fingerprint density at radius 3 is 2.52 bits per heavy atom. The molecular formula is C12H9ClN2O5S. The van der Waals surface area contributed by atoms with Gasteiger partial charge in [-0.3, -0.25) is 0 Å². The van der Waals surface area contributed by atoms with Gasteiger partial charge in [0.05, 0.1) is 4.90 Å². The summed E-state index contributed by atoms with van der Waals surface area (Å²) in [6, 6.07) is 4.95. The highest BCUT2D eigenvalue weighted by molar-refractivity contribution is 8.13. The van der Waals surface area contributed by atoms with E-state index in [0.29, 0.717) is 5.82 Å². The fourth-order valence-corrected chi connectivity index (χ4v) is 2.28. The van der Waals surface area contributed by atoms with Gasteiger partial charge in [0, 0.05) is 23.1 Å². The molecule has 0 fully saturated rings. The van der Waals surface area contributed by atoms with Crippen LogP contribution in [0.3, 0.4) is 0 Å². The van der Waals surface area contributed by atoms with Crippen LogP contribution in [0, 0.1) is 0 Å². The molecule has 0 saturated carbocycles. The highest BCUT2D eigenvalue weighted by Crippen LogP contribution is 2.25. The van der Waals surface area contributed by atoms with E-state index in [0.717, 1.165) is 12.1 Å². The molecule has 1 N–H and O–H groups in total. The molecule has 0 amide bonds. The lowest BCUT2D eigenvalue weighted by molar-refractivity contribution is 0.0691. The summed E-state index contributed by atoms with van der Waals surface area (Å²) in [5, 5.41) is 9.10. The maximum Gasteiger partial charge on any atom is 0.339 e. The van der Waals surface area contributed by atoms with Crippen LogP contribution in [0.5, 0.6) is 5.75 Å². The monoisotopic (exact) mass is 328 g/mol. The summed E-state index contributed by atoms with van der Waals surface area (Å²) in [5.74, 6) is -0.969. The minimum absolute atomic E-state index is 0.000908. The van der Waals surface area contributed by atoms with E-state index in [1.807, 2.05) is 0 Å². The fourth-order valence-electron chi connectivity index (χ4n) is 1.50. The normalized spacial score (nSPS) is 11.1. The van der Waals surface area contributed by atoms with Crippen molar-refractivity contribution in [1.82, 2.24) is 9.97 Å². The molecule has 0 saturated heterocycles. The number of hydrogen-bond acceptors (Lipinski definition) is 6. The number of halogens is 1. The molecule has 0 aliphatic rings. The Morgan fingerprint density at radius 2 is 1.95 bits per heavy atom. The average molecular weight is 329 g/mol. The van der Waals surface area contributed by atoms with Crippen LogP contribution in [-0.4, -0.2) is 29.5 Å². The lowest BCUT2D eigenvalue weighted by Crippen LogP contribution is -2.06. The van der Waals surface area contributed by atoms with Gasteiger partial charge in [0.15, 0.2) is 5.82 Å². The number of aromatic nitrogens is 2. The first-order valence-electron chi connectivity index (χ1n) is 5.58. The molecule has 9 heteroatoms. The number of nitrogens with zero attached hydrogens (tertiary/aromatic N) is 2. The number of aromatic carboxylic acids is 1. The van der Waals surface area contributed by atoms with Gasteiger partial charge in [-0.05, 0) is 24.3 Å². The second-order valence-corrected chi connectivity index (χ2v) is 6.42. The van der Waals surface area contributed by atoms with E-state index >= 15 is 0 Å². The van der Waals surface area contributed by atoms with Gasteiger partial charge in [0.2, 0.25) is 0 Å². The lowest BCUT2D eigenvalue weighted by Gasteiger charge is -2.09. The molecule has 1 heterocycles. The first-order valence-corrected chi connectivity index (χ1v) is 7.89. The Morgan fingerprint density at radius 1 is 1.29 bits per heavy atom. The van der Waals surface area contributed by atoms with Crippen LogP contribution in [0.4, 0.5) is 0 Å². The van der Waals surface area contributed by atoms with E-state index in [1.165, 1.54) is 18.5 Å². The van der Waals surface area contributed by atoms with Crippen molar-refractivity contribution in [3.8, 4) is 5.75 Å². The molecule has 0 spiro atoms. The van der Waals surface area contributed by atoms with Crippen LogP contribution < -0.4 is 4.74 Å². The maximum atomic E-state index is 11.2. The largest absolute Gasteiger partial charge is 0.485 e. The van der Waals surface area contributed by atoms with Crippen molar-refractivity contribution < 1.29 is 23.1 Å². The number of ether oxygens (including phenoxy) is 1. The third-order valence-corrected chi connectivity index (χ3v) is 3.79. The van der Waals surface area contributed by atoms with Gasteiger partial charge < -0.3 is 9.84 Å². The van der Waals surface area contributed by atoms with Crippen LogP contribution in [-0.2, 0) is 15.7 Å². The van der Waals surface area contributed by atoms with Gasteiger partial charge in [-0.15, -0.1) is 0 Å². The Balaban J connectivity index is 2.29. The summed E-state index contributed by atoms with van der Waals surface area (Å²) in [4.78, 5) is 18.7. The fraction of sp³-hybridized carbons (Fsp3) is 0.0833. The first kappa shape index (κ1) is 15.2. The van der Waals surface area contributed by atoms with Gasteiger partial charge in [0.1, 0.15) is 17.9 Å². The van der Waals surface area contributed by atoms with E-state index in [9.17, 15) is 13.2 Å². The number of carbonyl (C=O) groups is 1. The van der Waals surface area contributed by atoms with Gasteiger partial charge in [-0.2, -0.15) is 0 Å². The molecule has 110 valence electrons. The molecule has 0 atom stereocenters. The highest BCUT2D eigenvalue weighted by Gasteiger charge is 2.18. The Hall–Kier alpha value is -2.19. The summed E-state index contributed by atoms with van der Waals surface area (Å²) in [6.45, 7) is -0.0475. The van der Waals surface area contributed by atoms with Gasteiger partial charge >= 0.3 is 5.97 Å². The molecule has 1 aromatic heterocycles. The predicted molar refractivity (Wildman–Crippen MR) is 72.8 cm³/mol. The molecule has 2 aromatic rings. The van der Waals surface area contributed by atoms with Gasteiger partial charge in [-0.1, -0.05) is 0 Å². The molecule has 0 unspecified atom stereocenters. The summed E-state index contributed by atoms with van der Waals surface area (Å²) < 4.78 is 27.7. The SMILES string of the molecule is O=C(O)c1cc(S(=O)(=O)Cl)ccc1OCc1ncccn1. The maximum absolute atomic E-state index is 11.2.